The van der Waals surface area contributed by atoms with Crippen LogP contribution in [0.2, 0.25) is 0 Å². The molecule has 0 spiro atoms. The van der Waals surface area contributed by atoms with Crippen molar-refractivity contribution >= 4 is 23.2 Å². The van der Waals surface area contributed by atoms with Gasteiger partial charge in [0.15, 0.2) is 0 Å². The number of methoxy groups -OCH3 is 2. The molecule has 1 aliphatic heterocycles. The quantitative estimate of drug-likeness (QED) is 0.859. The largest absolute Gasteiger partial charge is 0.468 e. The van der Waals surface area contributed by atoms with Crippen molar-refractivity contribution in [2.45, 2.75) is 5.92 Å². The molecular formula is C14H14N2O4S. The second kappa shape index (κ2) is 6.52. The first-order chi connectivity index (χ1) is 10.1. The highest BCUT2D eigenvalue weighted by Gasteiger charge is 2.44. The molecule has 1 aromatic heterocycles. The van der Waals surface area contributed by atoms with Gasteiger partial charge in [-0.3, -0.25) is 10.2 Å². The Labute approximate surface area is 126 Å². The summed E-state index contributed by atoms with van der Waals surface area (Å²) in [4.78, 5) is 12.8. The number of allylic oxidation sites excluding steroid dienone is 1. The van der Waals surface area contributed by atoms with Crippen LogP contribution in [0.15, 0.2) is 28.8 Å². The maximum Gasteiger partial charge on any atom is 0.319 e. The second-order valence-electron chi connectivity index (χ2n) is 4.34. The molecule has 0 saturated carbocycles. The van der Waals surface area contributed by atoms with Crippen molar-refractivity contribution in [1.82, 2.24) is 0 Å². The zero-order valence-electron chi connectivity index (χ0n) is 11.6. The lowest BCUT2D eigenvalue weighted by Gasteiger charge is -2.30. The maximum atomic E-state index is 12.0. The molecule has 2 rings (SSSR count). The molecule has 1 aliphatic rings. The number of nitrogens with zero attached hydrogens (tertiary/aromatic N) is 1. The first-order valence-corrected chi connectivity index (χ1v) is 7.01. The Kier molecular flexibility index (Phi) is 4.73. The Hall–Kier alpha value is -2.17. The molecule has 2 atom stereocenters. The molecule has 0 bridgehead atoms. The van der Waals surface area contributed by atoms with Crippen LogP contribution in [0.25, 0.3) is 0 Å². The van der Waals surface area contributed by atoms with Crippen molar-refractivity contribution in [3.63, 3.8) is 0 Å². The lowest BCUT2D eigenvalue weighted by molar-refractivity contribution is -0.144. The summed E-state index contributed by atoms with van der Waals surface area (Å²) in [5.41, 5.74) is 0.297. The molecule has 0 amide bonds. The Morgan fingerprint density at radius 1 is 1.57 bits per heavy atom. The number of carbonyl (C=O) groups excluding carboxylic acids is 1. The smallest absolute Gasteiger partial charge is 0.319 e. The van der Waals surface area contributed by atoms with E-state index in [9.17, 15) is 10.1 Å². The van der Waals surface area contributed by atoms with Gasteiger partial charge in [0.1, 0.15) is 18.3 Å². The zero-order chi connectivity index (χ0) is 15.4. The molecule has 0 fully saturated rings. The molecule has 2 unspecified atom stereocenters. The van der Waals surface area contributed by atoms with Gasteiger partial charge in [-0.1, -0.05) is 6.07 Å². The third-order valence-corrected chi connectivity index (χ3v) is 4.12. The van der Waals surface area contributed by atoms with Crippen molar-refractivity contribution in [1.29, 1.82) is 10.7 Å². The maximum absolute atomic E-state index is 12.0. The van der Waals surface area contributed by atoms with Gasteiger partial charge in [-0.2, -0.15) is 5.26 Å². The molecule has 1 aromatic rings. The van der Waals surface area contributed by atoms with Gasteiger partial charge in [0.2, 0.25) is 5.90 Å². The van der Waals surface area contributed by atoms with Gasteiger partial charge < -0.3 is 14.2 Å². The van der Waals surface area contributed by atoms with Crippen molar-refractivity contribution in [3.05, 3.63) is 33.7 Å². The van der Waals surface area contributed by atoms with Gasteiger partial charge in [-0.05, 0) is 11.4 Å². The predicted octanol–water partition coefficient (Wildman–Crippen LogP) is 2.05. The molecule has 110 valence electrons. The number of hydrogen-bond acceptors (Lipinski definition) is 7. The molecule has 7 heteroatoms. The topological polar surface area (TPSA) is 92.4 Å². The van der Waals surface area contributed by atoms with E-state index >= 15 is 0 Å². The lowest BCUT2D eigenvalue weighted by atomic mass is 9.82. The van der Waals surface area contributed by atoms with Crippen LogP contribution in [0.5, 0.6) is 0 Å². The number of ether oxygens (including phenoxy) is 3. The van der Waals surface area contributed by atoms with Crippen LogP contribution in [-0.4, -0.2) is 32.7 Å². The van der Waals surface area contributed by atoms with Crippen LogP contribution in [0.3, 0.4) is 0 Å². The van der Waals surface area contributed by atoms with Crippen molar-refractivity contribution < 1.29 is 19.0 Å². The Morgan fingerprint density at radius 3 is 2.86 bits per heavy atom. The first-order valence-electron chi connectivity index (χ1n) is 6.13. The molecule has 0 aromatic carbocycles. The fourth-order valence-electron chi connectivity index (χ4n) is 2.26. The summed E-state index contributed by atoms with van der Waals surface area (Å²) >= 11 is 1.42. The van der Waals surface area contributed by atoms with Gasteiger partial charge in [-0.25, -0.2) is 0 Å². The molecule has 2 heterocycles. The number of nitriles is 1. The summed E-state index contributed by atoms with van der Waals surface area (Å²) in [5.74, 6) is -2.09. The van der Waals surface area contributed by atoms with E-state index in [1.165, 1.54) is 25.6 Å². The van der Waals surface area contributed by atoms with E-state index in [-0.39, 0.29) is 18.3 Å². The molecule has 21 heavy (non-hydrogen) atoms. The molecule has 6 nitrogen and oxygen atoms in total. The average molecular weight is 306 g/mol. The Morgan fingerprint density at radius 2 is 2.33 bits per heavy atom. The van der Waals surface area contributed by atoms with Crippen LogP contribution in [0.1, 0.15) is 10.8 Å². The van der Waals surface area contributed by atoms with E-state index in [1.807, 2.05) is 17.5 Å². The van der Waals surface area contributed by atoms with Crippen LogP contribution in [-0.2, 0) is 19.0 Å². The van der Waals surface area contributed by atoms with E-state index in [4.69, 9.17) is 19.6 Å². The molecule has 1 N–H and O–H groups in total. The van der Waals surface area contributed by atoms with E-state index in [0.29, 0.717) is 5.57 Å². The number of hydrogen-bond donors (Lipinski definition) is 1. The van der Waals surface area contributed by atoms with Gasteiger partial charge in [0.25, 0.3) is 0 Å². The number of nitrogens with one attached hydrogen (secondary N) is 1. The van der Waals surface area contributed by atoms with Gasteiger partial charge >= 0.3 is 5.97 Å². The highest BCUT2D eigenvalue weighted by Crippen LogP contribution is 2.41. The summed E-state index contributed by atoms with van der Waals surface area (Å²) in [7, 11) is 2.73. The third kappa shape index (κ3) is 2.82. The van der Waals surface area contributed by atoms with Crippen molar-refractivity contribution in [3.8, 4) is 6.07 Å². The number of rotatable bonds is 4. The van der Waals surface area contributed by atoms with Gasteiger partial charge in [-0.15, -0.1) is 11.3 Å². The van der Waals surface area contributed by atoms with Gasteiger partial charge in [0.05, 0.1) is 24.7 Å². The van der Waals surface area contributed by atoms with E-state index in [2.05, 4.69) is 6.07 Å². The number of esters is 1. The summed E-state index contributed by atoms with van der Waals surface area (Å²) in [6.07, 6.45) is 0. The molecular weight excluding hydrogens is 292 g/mol. The van der Waals surface area contributed by atoms with Crippen molar-refractivity contribution in [2.24, 2.45) is 5.92 Å². The highest BCUT2D eigenvalue weighted by molar-refractivity contribution is 7.10. The SMILES string of the molecule is COCC1=C(C#N)C(c2cccs2)C(C(=O)OC)C(=N)O1. The van der Waals surface area contributed by atoms with Crippen LogP contribution >= 0.6 is 11.3 Å². The number of carbonyl (C=O) groups is 1. The number of thiophene rings is 1. The van der Waals surface area contributed by atoms with E-state index in [0.717, 1.165) is 4.88 Å². The van der Waals surface area contributed by atoms with Crippen LogP contribution < -0.4 is 0 Å². The van der Waals surface area contributed by atoms with Gasteiger partial charge in [0, 0.05) is 12.0 Å². The summed E-state index contributed by atoms with van der Waals surface area (Å²) in [5, 5.41) is 19.3. The third-order valence-electron chi connectivity index (χ3n) is 3.16. The minimum absolute atomic E-state index is 0.0705. The Balaban J connectivity index is 2.57. The summed E-state index contributed by atoms with van der Waals surface area (Å²) < 4.78 is 15.1. The summed E-state index contributed by atoms with van der Waals surface area (Å²) in [6.45, 7) is 0.0705. The fourth-order valence-corrected chi connectivity index (χ4v) is 3.13. The monoisotopic (exact) mass is 306 g/mol. The molecule has 0 saturated heterocycles. The Bertz CT molecular complexity index is 615. The minimum Gasteiger partial charge on any atom is -0.468 e. The standard InChI is InChI=1S/C14H14N2O4S/c1-18-7-9-8(6-15)11(10-4-3-5-21-10)12(13(16)20-9)14(17)19-2/h3-5,11-12,16H,7H2,1-2H3. The molecule has 0 radical (unpaired) electrons. The second-order valence-corrected chi connectivity index (χ2v) is 5.32. The van der Waals surface area contributed by atoms with Crippen LogP contribution in [0, 0.1) is 22.7 Å². The predicted molar refractivity (Wildman–Crippen MR) is 75.9 cm³/mol. The summed E-state index contributed by atoms with van der Waals surface area (Å²) in [6, 6.07) is 5.74. The van der Waals surface area contributed by atoms with E-state index in [1.54, 1.807) is 0 Å². The van der Waals surface area contributed by atoms with Crippen LogP contribution in [0.4, 0.5) is 0 Å². The average Bonchev–Trinajstić information content (AvgIpc) is 3.00. The normalized spacial score (nSPS) is 21.7. The fraction of sp³-hybridized carbons (Fsp3) is 0.357. The minimum atomic E-state index is -0.955. The van der Waals surface area contributed by atoms with Crippen molar-refractivity contribution in [2.75, 3.05) is 20.8 Å². The van der Waals surface area contributed by atoms with E-state index < -0.39 is 17.8 Å². The highest BCUT2D eigenvalue weighted by atomic mass is 32.1. The first kappa shape index (κ1) is 15.2. The lowest BCUT2D eigenvalue weighted by Crippen LogP contribution is -2.37. The zero-order valence-corrected chi connectivity index (χ0v) is 12.4. The molecule has 0 aliphatic carbocycles.